The molecule has 1 atom stereocenters. The van der Waals surface area contributed by atoms with E-state index in [0.717, 1.165) is 27.5 Å². The molecule has 31 heavy (non-hydrogen) atoms. The molecule has 0 aromatic heterocycles. The van der Waals surface area contributed by atoms with Crippen molar-refractivity contribution in [1.82, 2.24) is 0 Å². The molecule has 1 aromatic carbocycles. The fraction of sp³-hybridized carbons (Fsp3) is 0.640. The van der Waals surface area contributed by atoms with Crippen molar-refractivity contribution < 1.29 is 14.1 Å². The third-order valence-corrected chi connectivity index (χ3v) is 7.61. The largest absolute Gasteiger partial charge is 0.481 e. The van der Waals surface area contributed by atoms with Crippen LogP contribution in [0, 0.1) is 11.3 Å². The number of aliphatic carboxylic acids is 1. The molecule has 0 aliphatic rings. The van der Waals surface area contributed by atoms with Gasteiger partial charge in [-0.25, -0.2) is 0 Å². The zero-order valence-electron chi connectivity index (χ0n) is 19.1. The van der Waals surface area contributed by atoms with E-state index in [-0.39, 0.29) is 6.42 Å². The number of carboxylic acids is 1. The van der Waals surface area contributed by atoms with Crippen LogP contribution in [-0.2, 0) is 8.98 Å². The van der Waals surface area contributed by atoms with E-state index < -0.39 is 10.7 Å². The average molecular weight is 466 g/mol. The second kappa shape index (κ2) is 17.3. The fourth-order valence-electron chi connectivity index (χ4n) is 3.17. The number of carboxylic acid groups (broad SMARTS) is 1. The van der Waals surface area contributed by atoms with Gasteiger partial charge in [-0.2, -0.15) is 16.6 Å². The molecule has 4 nitrogen and oxygen atoms in total. The van der Waals surface area contributed by atoms with Gasteiger partial charge in [0.1, 0.15) is 0 Å². The van der Waals surface area contributed by atoms with Crippen molar-refractivity contribution in [3.8, 4) is 6.07 Å². The van der Waals surface area contributed by atoms with Crippen molar-refractivity contribution in [2.75, 3.05) is 6.61 Å². The standard InChI is InChI=1S/C25H39NO3S2/c1-3-4-5-6-7-8-9-10-11-15-20-29-31-24(22-16-13-12-14-17-22)30-25(2,21-26)19-18-23(27)28/h12-14,16-17,30H,3-11,15,18-20H2,1-2H3,(H,27,28). The molecule has 0 amide bonds. The van der Waals surface area contributed by atoms with Gasteiger partial charge in [0.25, 0.3) is 0 Å². The lowest BCUT2D eigenvalue weighted by Gasteiger charge is -2.19. The van der Waals surface area contributed by atoms with Crippen LogP contribution in [0.5, 0.6) is 0 Å². The molecule has 6 heteroatoms. The van der Waals surface area contributed by atoms with E-state index in [1.807, 2.05) is 37.3 Å². The van der Waals surface area contributed by atoms with Gasteiger partial charge < -0.3 is 9.29 Å². The van der Waals surface area contributed by atoms with Crippen molar-refractivity contribution in [2.24, 2.45) is 0 Å². The minimum atomic E-state index is -0.872. The Morgan fingerprint density at radius 3 is 2.19 bits per heavy atom. The summed E-state index contributed by atoms with van der Waals surface area (Å²) in [7, 11) is 0. The second-order valence-corrected chi connectivity index (χ2v) is 10.9. The summed E-state index contributed by atoms with van der Waals surface area (Å²) in [4.78, 5) is 11.0. The number of hydrogen-bond donors (Lipinski definition) is 2. The Kier molecular flexibility index (Phi) is 15.5. The number of nitriles is 1. The molecule has 174 valence electrons. The van der Waals surface area contributed by atoms with Crippen LogP contribution in [-0.4, -0.2) is 26.6 Å². The Morgan fingerprint density at radius 1 is 1.06 bits per heavy atom. The van der Waals surface area contributed by atoms with E-state index in [9.17, 15) is 10.1 Å². The molecule has 0 aliphatic heterocycles. The second-order valence-electron chi connectivity index (χ2n) is 8.15. The lowest BCUT2D eigenvalue weighted by atomic mass is 10.1. The van der Waals surface area contributed by atoms with Crippen molar-refractivity contribution in [3.63, 3.8) is 0 Å². The van der Waals surface area contributed by atoms with E-state index >= 15 is 0 Å². The SMILES string of the molecule is CCCCCCCCCCCCOSC(=[SH]C(C)(C#N)CCC(=O)O)c1ccccc1. The molecule has 0 fully saturated rings. The minimum absolute atomic E-state index is 0.0107. The zero-order chi connectivity index (χ0) is 22.8. The molecule has 0 spiro atoms. The van der Waals surface area contributed by atoms with E-state index in [0.29, 0.717) is 13.0 Å². The Labute approximate surface area is 196 Å². The highest BCUT2D eigenvalue weighted by atomic mass is 32.2. The summed E-state index contributed by atoms with van der Waals surface area (Å²) in [5, 5.41) is 18.7. The number of thiol groups is 1. The third-order valence-electron chi connectivity index (χ3n) is 5.15. The average Bonchev–Trinajstić information content (AvgIpc) is 2.78. The highest BCUT2D eigenvalue weighted by Gasteiger charge is 2.23. The van der Waals surface area contributed by atoms with Gasteiger partial charge in [-0.05, 0) is 25.3 Å². The molecule has 0 saturated carbocycles. The summed E-state index contributed by atoms with van der Waals surface area (Å²) in [6.07, 6.45) is 13.2. The van der Waals surface area contributed by atoms with Gasteiger partial charge in [-0.15, -0.1) is 0 Å². The fourth-order valence-corrected chi connectivity index (χ4v) is 5.63. The molecular weight excluding hydrogens is 426 g/mol. The van der Waals surface area contributed by atoms with Crippen LogP contribution in [0.15, 0.2) is 30.3 Å². The predicted molar refractivity (Wildman–Crippen MR) is 136 cm³/mol. The number of nitrogens with zero attached hydrogens (tertiary/aromatic N) is 1. The summed E-state index contributed by atoms with van der Waals surface area (Å²) < 4.78 is 6.09. The maximum Gasteiger partial charge on any atom is 0.303 e. The Hall–Kier alpha value is -1.29. The summed E-state index contributed by atoms with van der Waals surface area (Å²) in [5.74, 6) is -0.872. The predicted octanol–water partition coefficient (Wildman–Crippen LogP) is 7.36. The lowest BCUT2D eigenvalue weighted by Crippen LogP contribution is -2.18. The third kappa shape index (κ3) is 13.7. The Bertz CT molecular complexity index is 688. The first-order valence-corrected chi connectivity index (χ1v) is 13.2. The molecule has 1 aromatic rings. The first kappa shape index (κ1) is 27.7. The van der Waals surface area contributed by atoms with Gasteiger partial charge in [0, 0.05) is 18.5 Å². The number of carbonyl (C=O) groups is 1. The van der Waals surface area contributed by atoms with Crippen molar-refractivity contribution in [3.05, 3.63) is 35.9 Å². The van der Waals surface area contributed by atoms with E-state index in [4.69, 9.17) is 9.29 Å². The van der Waals surface area contributed by atoms with Gasteiger partial charge in [-0.3, -0.25) is 4.79 Å². The highest BCUT2D eigenvalue weighted by Crippen LogP contribution is 2.30. The van der Waals surface area contributed by atoms with Crippen LogP contribution in [0.3, 0.4) is 0 Å². The maximum atomic E-state index is 11.0. The maximum absolute atomic E-state index is 11.0. The number of benzene rings is 1. The summed E-state index contributed by atoms with van der Waals surface area (Å²) >= 11 is 2.13. The van der Waals surface area contributed by atoms with Crippen LogP contribution in [0.4, 0.5) is 0 Å². The van der Waals surface area contributed by atoms with Gasteiger partial charge in [0.15, 0.2) is 0 Å². The van der Waals surface area contributed by atoms with Crippen LogP contribution >= 0.6 is 23.4 Å². The summed E-state index contributed by atoms with van der Waals surface area (Å²) in [5.41, 5.74) is 1.02. The molecule has 1 rings (SSSR count). The summed E-state index contributed by atoms with van der Waals surface area (Å²) in [6.45, 7) is 4.76. The topological polar surface area (TPSA) is 70.3 Å². The Balaban J connectivity index is 2.43. The smallest absolute Gasteiger partial charge is 0.303 e. The van der Waals surface area contributed by atoms with Gasteiger partial charge >= 0.3 is 5.97 Å². The van der Waals surface area contributed by atoms with Gasteiger partial charge in [0.05, 0.1) is 21.6 Å². The number of hydrogen-bond acceptors (Lipinski definition) is 4. The Morgan fingerprint density at radius 2 is 1.65 bits per heavy atom. The number of unbranched alkanes of at least 4 members (excludes halogenated alkanes) is 9. The number of rotatable bonds is 17. The van der Waals surface area contributed by atoms with Crippen LogP contribution in [0.2, 0.25) is 0 Å². The monoisotopic (exact) mass is 465 g/mol. The van der Waals surface area contributed by atoms with E-state index in [1.165, 1.54) is 69.8 Å². The molecular formula is C25H39NO3S2. The van der Waals surface area contributed by atoms with E-state index in [1.54, 1.807) is 0 Å². The molecule has 0 aliphatic carbocycles. The molecule has 0 heterocycles. The highest BCUT2D eigenvalue weighted by molar-refractivity contribution is 8.25. The molecule has 1 unspecified atom stereocenters. The molecule has 0 radical (unpaired) electrons. The molecule has 0 bridgehead atoms. The zero-order valence-corrected chi connectivity index (χ0v) is 20.9. The van der Waals surface area contributed by atoms with Crippen LogP contribution in [0.25, 0.3) is 0 Å². The first-order valence-electron chi connectivity index (χ1n) is 11.6. The van der Waals surface area contributed by atoms with Crippen molar-refractivity contribution >= 4 is 33.6 Å². The van der Waals surface area contributed by atoms with Gasteiger partial charge in [-0.1, -0.05) is 95.0 Å². The normalized spacial score (nSPS) is 13.8. The quantitative estimate of drug-likeness (QED) is 0.109. The lowest BCUT2D eigenvalue weighted by molar-refractivity contribution is -0.137. The van der Waals surface area contributed by atoms with Crippen LogP contribution < -0.4 is 0 Å². The molecule has 1 N–H and O–H groups in total. The minimum Gasteiger partial charge on any atom is -0.481 e. The summed E-state index contributed by atoms with van der Waals surface area (Å²) in [6, 6.07) is 12.2. The first-order chi connectivity index (χ1) is 15.0. The van der Waals surface area contributed by atoms with Crippen LogP contribution in [0.1, 0.15) is 96.5 Å². The van der Waals surface area contributed by atoms with E-state index in [2.05, 4.69) is 13.0 Å². The molecule has 0 saturated heterocycles. The van der Waals surface area contributed by atoms with Gasteiger partial charge in [0.2, 0.25) is 0 Å². The van der Waals surface area contributed by atoms with Crippen molar-refractivity contribution in [1.29, 1.82) is 5.26 Å². The van der Waals surface area contributed by atoms with Crippen molar-refractivity contribution in [2.45, 2.75) is 95.6 Å².